The number of hydrogen-bond acceptors (Lipinski definition) is 4. The number of aromatic amines is 1. The van der Waals surface area contributed by atoms with Gasteiger partial charge in [0.1, 0.15) is 11.6 Å². The van der Waals surface area contributed by atoms with Gasteiger partial charge in [-0.2, -0.15) is 0 Å². The molecule has 0 amide bonds. The van der Waals surface area contributed by atoms with Crippen LogP contribution in [0.25, 0.3) is 0 Å². The molecule has 108 valence electrons. The van der Waals surface area contributed by atoms with Crippen LogP contribution in [0.2, 0.25) is 0 Å². The van der Waals surface area contributed by atoms with Crippen molar-refractivity contribution in [3.63, 3.8) is 0 Å². The number of sulfonamides is 1. The van der Waals surface area contributed by atoms with E-state index in [2.05, 4.69) is 14.7 Å². The van der Waals surface area contributed by atoms with Crippen molar-refractivity contribution in [2.45, 2.75) is 24.8 Å². The van der Waals surface area contributed by atoms with Gasteiger partial charge >= 0.3 is 0 Å². The zero-order valence-electron chi connectivity index (χ0n) is 11.0. The summed E-state index contributed by atoms with van der Waals surface area (Å²) >= 11 is 0. The molecular formula is C12H15FN4O2S. The Labute approximate surface area is 116 Å². The molecule has 0 spiro atoms. The Morgan fingerprint density at radius 3 is 2.70 bits per heavy atom. The number of halogens is 1. The van der Waals surface area contributed by atoms with E-state index in [1.54, 1.807) is 13.1 Å². The zero-order valence-corrected chi connectivity index (χ0v) is 11.8. The van der Waals surface area contributed by atoms with E-state index < -0.39 is 21.9 Å². The van der Waals surface area contributed by atoms with Crippen LogP contribution in [0.15, 0.2) is 29.4 Å². The van der Waals surface area contributed by atoms with E-state index in [4.69, 9.17) is 5.73 Å². The summed E-state index contributed by atoms with van der Waals surface area (Å²) in [4.78, 5) is 6.56. The van der Waals surface area contributed by atoms with Gasteiger partial charge in [-0.3, -0.25) is 0 Å². The number of imidazole rings is 1. The van der Waals surface area contributed by atoms with Gasteiger partial charge in [-0.1, -0.05) is 0 Å². The molecule has 8 heteroatoms. The molecule has 1 aromatic heterocycles. The minimum atomic E-state index is -3.88. The summed E-state index contributed by atoms with van der Waals surface area (Å²) in [5, 5.41) is 0. The van der Waals surface area contributed by atoms with Crippen LogP contribution >= 0.6 is 0 Å². The van der Waals surface area contributed by atoms with Crippen molar-refractivity contribution in [1.82, 2.24) is 14.7 Å². The van der Waals surface area contributed by atoms with Gasteiger partial charge in [-0.05, 0) is 26.0 Å². The SMILES string of the molecule is Cc1c(N)cc(S(=O)(=O)NC(C)c2ncc[nH]2)cc1F. The lowest BCUT2D eigenvalue weighted by Gasteiger charge is -2.13. The van der Waals surface area contributed by atoms with Gasteiger partial charge in [0.25, 0.3) is 0 Å². The average Bonchev–Trinajstić information content (AvgIpc) is 2.88. The van der Waals surface area contributed by atoms with Gasteiger partial charge in [0.05, 0.1) is 10.9 Å². The Balaban J connectivity index is 2.31. The first-order chi connectivity index (χ1) is 9.31. The predicted molar refractivity (Wildman–Crippen MR) is 72.9 cm³/mol. The standard InChI is InChI=1S/C12H15FN4O2S/c1-7-10(13)5-9(6-11(7)14)20(18,19)17-8(2)12-15-3-4-16-12/h3-6,8,17H,14H2,1-2H3,(H,15,16). The highest BCUT2D eigenvalue weighted by molar-refractivity contribution is 7.89. The van der Waals surface area contributed by atoms with Gasteiger partial charge in [0.2, 0.25) is 10.0 Å². The maximum Gasteiger partial charge on any atom is 0.241 e. The smallest absolute Gasteiger partial charge is 0.241 e. The molecule has 0 aliphatic heterocycles. The highest BCUT2D eigenvalue weighted by Gasteiger charge is 2.21. The van der Waals surface area contributed by atoms with Crippen molar-refractivity contribution in [3.8, 4) is 0 Å². The van der Waals surface area contributed by atoms with E-state index in [9.17, 15) is 12.8 Å². The molecule has 2 aromatic rings. The molecule has 0 aliphatic carbocycles. The maximum atomic E-state index is 13.6. The Kier molecular flexibility index (Phi) is 3.78. The number of H-pyrrole nitrogens is 1. The van der Waals surface area contributed by atoms with Gasteiger partial charge in [-0.25, -0.2) is 22.5 Å². The minimum Gasteiger partial charge on any atom is -0.398 e. The molecule has 0 saturated heterocycles. The number of rotatable bonds is 4. The fraction of sp³-hybridized carbons (Fsp3) is 0.250. The lowest BCUT2D eigenvalue weighted by molar-refractivity contribution is 0.558. The van der Waals surface area contributed by atoms with Crippen LogP contribution in [0.1, 0.15) is 24.4 Å². The highest BCUT2D eigenvalue weighted by atomic mass is 32.2. The van der Waals surface area contributed by atoms with Crippen molar-refractivity contribution in [2.75, 3.05) is 5.73 Å². The third-order valence-corrected chi connectivity index (χ3v) is 4.45. The first-order valence-electron chi connectivity index (χ1n) is 5.88. The molecule has 6 nitrogen and oxygen atoms in total. The minimum absolute atomic E-state index is 0.0935. The highest BCUT2D eigenvalue weighted by Crippen LogP contribution is 2.22. The van der Waals surface area contributed by atoms with Crippen LogP contribution in [0, 0.1) is 12.7 Å². The van der Waals surface area contributed by atoms with Crippen LogP contribution in [-0.4, -0.2) is 18.4 Å². The number of nitrogens with two attached hydrogens (primary N) is 1. The van der Waals surface area contributed by atoms with Gasteiger partial charge in [0, 0.05) is 23.6 Å². The largest absolute Gasteiger partial charge is 0.398 e. The van der Waals surface area contributed by atoms with Crippen LogP contribution in [0.5, 0.6) is 0 Å². The van der Waals surface area contributed by atoms with Crippen LogP contribution in [-0.2, 0) is 10.0 Å². The second-order valence-electron chi connectivity index (χ2n) is 4.44. The Hall–Kier alpha value is -1.93. The molecule has 0 saturated carbocycles. The van der Waals surface area contributed by atoms with Gasteiger partial charge < -0.3 is 10.7 Å². The number of aromatic nitrogens is 2. The summed E-state index contributed by atoms with van der Waals surface area (Å²) < 4.78 is 40.4. The zero-order chi connectivity index (χ0) is 14.9. The molecule has 1 unspecified atom stereocenters. The first kappa shape index (κ1) is 14.5. The van der Waals surface area contributed by atoms with E-state index in [0.29, 0.717) is 5.82 Å². The van der Waals surface area contributed by atoms with Crippen LogP contribution < -0.4 is 10.5 Å². The van der Waals surface area contributed by atoms with Gasteiger partial charge in [0.15, 0.2) is 0 Å². The molecule has 1 aromatic carbocycles. The third-order valence-electron chi connectivity index (χ3n) is 2.93. The Bertz CT molecular complexity index is 690. The van der Waals surface area contributed by atoms with E-state index in [1.807, 2.05) is 0 Å². The monoisotopic (exact) mass is 298 g/mol. The summed E-state index contributed by atoms with van der Waals surface area (Å²) in [7, 11) is -3.88. The number of nitrogens with one attached hydrogen (secondary N) is 2. The molecule has 20 heavy (non-hydrogen) atoms. The summed E-state index contributed by atoms with van der Waals surface area (Å²) in [6, 6.07) is 1.61. The normalized spacial score (nSPS) is 13.3. The second kappa shape index (κ2) is 5.22. The van der Waals surface area contributed by atoms with E-state index in [0.717, 1.165) is 6.07 Å². The Morgan fingerprint density at radius 2 is 2.15 bits per heavy atom. The maximum absolute atomic E-state index is 13.6. The number of anilines is 1. The fourth-order valence-electron chi connectivity index (χ4n) is 1.70. The van der Waals surface area contributed by atoms with Crippen molar-refractivity contribution >= 4 is 15.7 Å². The van der Waals surface area contributed by atoms with Crippen LogP contribution in [0.3, 0.4) is 0 Å². The predicted octanol–water partition coefficient (Wildman–Crippen LogP) is 1.48. The molecule has 0 aliphatic rings. The average molecular weight is 298 g/mol. The Morgan fingerprint density at radius 1 is 1.45 bits per heavy atom. The molecule has 0 radical (unpaired) electrons. The molecule has 0 bridgehead atoms. The number of nitrogens with zero attached hydrogens (tertiary/aromatic N) is 1. The van der Waals surface area contributed by atoms with Gasteiger partial charge in [-0.15, -0.1) is 0 Å². The second-order valence-corrected chi connectivity index (χ2v) is 6.15. The molecule has 2 rings (SSSR count). The van der Waals surface area contributed by atoms with Crippen molar-refractivity contribution in [2.24, 2.45) is 0 Å². The summed E-state index contributed by atoms with van der Waals surface area (Å²) in [5.41, 5.74) is 5.91. The summed E-state index contributed by atoms with van der Waals surface area (Å²) in [5.74, 6) is -0.190. The number of benzene rings is 1. The lowest BCUT2D eigenvalue weighted by Crippen LogP contribution is -2.27. The molecular weight excluding hydrogens is 283 g/mol. The first-order valence-corrected chi connectivity index (χ1v) is 7.37. The lowest BCUT2D eigenvalue weighted by atomic mass is 10.2. The topological polar surface area (TPSA) is 101 Å². The summed E-state index contributed by atoms with van der Waals surface area (Å²) in [6.45, 7) is 3.12. The molecule has 1 atom stereocenters. The third kappa shape index (κ3) is 2.81. The van der Waals surface area contributed by atoms with Crippen molar-refractivity contribution in [3.05, 3.63) is 41.7 Å². The summed E-state index contributed by atoms with van der Waals surface area (Å²) in [6.07, 6.45) is 3.10. The molecule has 0 fully saturated rings. The van der Waals surface area contributed by atoms with E-state index >= 15 is 0 Å². The number of hydrogen-bond donors (Lipinski definition) is 3. The molecule has 4 N–H and O–H groups in total. The number of nitrogen functional groups attached to an aromatic ring is 1. The van der Waals surface area contributed by atoms with Crippen molar-refractivity contribution in [1.29, 1.82) is 0 Å². The van der Waals surface area contributed by atoms with Crippen LogP contribution in [0.4, 0.5) is 10.1 Å². The van der Waals surface area contributed by atoms with Crippen molar-refractivity contribution < 1.29 is 12.8 Å². The fourth-order valence-corrected chi connectivity index (χ4v) is 2.95. The van der Waals surface area contributed by atoms with E-state index in [-0.39, 0.29) is 16.1 Å². The quantitative estimate of drug-likeness (QED) is 0.744. The van der Waals surface area contributed by atoms with E-state index in [1.165, 1.54) is 19.2 Å². The molecule has 1 heterocycles.